The van der Waals surface area contributed by atoms with Crippen LogP contribution in [0.3, 0.4) is 0 Å². The molecule has 0 bridgehead atoms. The molecule has 0 atom stereocenters. The summed E-state index contributed by atoms with van der Waals surface area (Å²) < 4.78 is 0. The van der Waals surface area contributed by atoms with Crippen molar-refractivity contribution >= 4 is 11.8 Å². The van der Waals surface area contributed by atoms with Crippen molar-refractivity contribution < 1.29 is 0 Å². The van der Waals surface area contributed by atoms with E-state index in [0.29, 0.717) is 0 Å². The van der Waals surface area contributed by atoms with E-state index in [-0.39, 0.29) is 0 Å². The second-order valence-corrected chi connectivity index (χ2v) is 3.96. The Morgan fingerprint density at radius 1 is 1.38 bits per heavy atom. The van der Waals surface area contributed by atoms with Gasteiger partial charge in [0.15, 0.2) is 0 Å². The molecular weight excluding hydrogens is 118 g/mol. The van der Waals surface area contributed by atoms with Gasteiger partial charge in [-0.1, -0.05) is 13.8 Å². The van der Waals surface area contributed by atoms with Gasteiger partial charge >= 0.3 is 0 Å². The van der Waals surface area contributed by atoms with Gasteiger partial charge < -0.3 is 4.90 Å². The minimum Gasteiger partial charge on any atom is -0.300 e. The molecule has 0 aromatic carbocycles. The molecule has 0 fully saturated rings. The predicted molar refractivity (Wildman–Crippen MR) is 41.3 cm³/mol. The van der Waals surface area contributed by atoms with Gasteiger partial charge in [0.2, 0.25) is 0 Å². The number of rotatable bonds is 3. The molecule has 0 N–H and O–H groups in total. The molecule has 0 saturated carbocycles. The average Bonchev–Trinajstić information content (AvgIpc) is 1.61. The highest BCUT2D eigenvalue weighted by molar-refractivity contribution is 7.99. The van der Waals surface area contributed by atoms with Gasteiger partial charge in [0.1, 0.15) is 0 Å². The van der Waals surface area contributed by atoms with Gasteiger partial charge in [0.05, 0.1) is 0 Å². The summed E-state index contributed by atoms with van der Waals surface area (Å²) in [6.07, 6.45) is 0. The second kappa shape index (κ2) is 4.21. The molecular formula is C6H15NS. The van der Waals surface area contributed by atoms with Gasteiger partial charge in [-0.25, -0.2) is 0 Å². The highest BCUT2D eigenvalue weighted by atomic mass is 32.2. The Labute approximate surface area is 56.4 Å². The van der Waals surface area contributed by atoms with Crippen LogP contribution in [0.15, 0.2) is 0 Å². The lowest BCUT2D eigenvalue weighted by atomic mass is 10.6. The zero-order chi connectivity index (χ0) is 6.57. The van der Waals surface area contributed by atoms with Crippen LogP contribution >= 0.6 is 11.8 Å². The van der Waals surface area contributed by atoms with Crippen molar-refractivity contribution in [2.24, 2.45) is 0 Å². The fraction of sp³-hybridized carbons (Fsp3) is 1.00. The third-order valence-electron chi connectivity index (χ3n) is 0.666. The molecule has 0 aliphatic rings. The maximum atomic E-state index is 2.22. The Morgan fingerprint density at radius 3 is 2.00 bits per heavy atom. The van der Waals surface area contributed by atoms with E-state index in [1.165, 1.54) is 0 Å². The largest absolute Gasteiger partial charge is 0.300 e. The van der Waals surface area contributed by atoms with Gasteiger partial charge in [-0.2, -0.15) is 0 Å². The van der Waals surface area contributed by atoms with Crippen LogP contribution in [0, 0.1) is 0 Å². The van der Waals surface area contributed by atoms with Crippen LogP contribution in [-0.2, 0) is 0 Å². The molecule has 0 rings (SSSR count). The summed E-state index contributed by atoms with van der Waals surface area (Å²) in [5.41, 5.74) is 0. The van der Waals surface area contributed by atoms with Crippen molar-refractivity contribution in [2.45, 2.75) is 19.1 Å². The van der Waals surface area contributed by atoms with Gasteiger partial charge in [-0.05, 0) is 14.1 Å². The highest BCUT2D eigenvalue weighted by Crippen LogP contribution is 2.08. The quantitative estimate of drug-likeness (QED) is 0.538. The van der Waals surface area contributed by atoms with E-state index in [1.807, 2.05) is 11.8 Å². The first-order valence-electron chi connectivity index (χ1n) is 2.89. The van der Waals surface area contributed by atoms with E-state index >= 15 is 0 Å². The zero-order valence-electron chi connectivity index (χ0n) is 6.14. The van der Waals surface area contributed by atoms with Crippen molar-refractivity contribution in [1.29, 1.82) is 0 Å². The van der Waals surface area contributed by atoms with E-state index < -0.39 is 0 Å². The molecule has 0 aromatic heterocycles. The number of hydrogen-bond acceptors (Lipinski definition) is 2. The first-order valence-corrected chi connectivity index (χ1v) is 3.94. The third-order valence-corrected chi connectivity index (χ3v) is 2.00. The standard InChI is InChI=1S/C6H15NS/c1-6(2)8-5-7(3)4/h6H,5H2,1-4H3. The van der Waals surface area contributed by atoms with E-state index in [2.05, 4.69) is 32.8 Å². The van der Waals surface area contributed by atoms with Crippen molar-refractivity contribution in [2.75, 3.05) is 20.0 Å². The molecule has 0 amide bonds. The highest BCUT2D eigenvalue weighted by Gasteiger charge is 1.93. The molecule has 0 unspecified atom stereocenters. The van der Waals surface area contributed by atoms with Gasteiger partial charge in [-0.15, -0.1) is 11.8 Å². The molecule has 2 heteroatoms. The smallest absolute Gasteiger partial charge is 0.0440 e. The van der Waals surface area contributed by atoms with E-state index in [9.17, 15) is 0 Å². The van der Waals surface area contributed by atoms with Crippen LogP contribution in [-0.4, -0.2) is 30.1 Å². The lowest BCUT2D eigenvalue weighted by Crippen LogP contribution is -2.11. The molecule has 0 aromatic rings. The summed E-state index contributed by atoms with van der Waals surface area (Å²) in [6.45, 7) is 4.43. The summed E-state index contributed by atoms with van der Waals surface area (Å²) in [5, 5.41) is 0.761. The summed E-state index contributed by atoms with van der Waals surface area (Å²) in [6, 6.07) is 0. The van der Waals surface area contributed by atoms with Crippen LogP contribution < -0.4 is 0 Å². The summed E-state index contributed by atoms with van der Waals surface area (Å²) in [4.78, 5) is 2.19. The van der Waals surface area contributed by atoms with Crippen molar-refractivity contribution in [1.82, 2.24) is 4.90 Å². The maximum Gasteiger partial charge on any atom is 0.0440 e. The maximum absolute atomic E-state index is 2.22. The van der Waals surface area contributed by atoms with E-state index in [1.54, 1.807) is 0 Å². The lowest BCUT2D eigenvalue weighted by molar-refractivity contribution is 0.485. The number of hydrogen-bond donors (Lipinski definition) is 0. The summed E-state index contributed by atoms with van der Waals surface area (Å²) in [5.74, 6) is 1.14. The van der Waals surface area contributed by atoms with E-state index in [0.717, 1.165) is 11.1 Å². The first kappa shape index (κ1) is 8.31. The normalized spacial score (nSPS) is 11.2. The van der Waals surface area contributed by atoms with Crippen molar-refractivity contribution in [3.63, 3.8) is 0 Å². The summed E-state index contributed by atoms with van der Waals surface area (Å²) in [7, 11) is 4.19. The Kier molecular flexibility index (Phi) is 4.38. The van der Waals surface area contributed by atoms with Crippen molar-refractivity contribution in [3.05, 3.63) is 0 Å². The minimum absolute atomic E-state index is 0.761. The topological polar surface area (TPSA) is 3.24 Å². The molecule has 50 valence electrons. The SMILES string of the molecule is CC(C)SCN(C)C. The Hall–Kier alpha value is 0.310. The zero-order valence-corrected chi connectivity index (χ0v) is 6.96. The van der Waals surface area contributed by atoms with Crippen LogP contribution in [0.1, 0.15) is 13.8 Å². The first-order chi connectivity index (χ1) is 3.63. The van der Waals surface area contributed by atoms with Gasteiger partial charge in [-0.3, -0.25) is 0 Å². The number of thioether (sulfide) groups is 1. The Morgan fingerprint density at radius 2 is 1.88 bits per heavy atom. The molecule has 0 aliphatic carbocycles. The van der Waals surface area contributed by atoms with Gasteiger partial charge in [0, 0.05) is 11.1 Å². The van der Waals surface area contributed by atoms with Crippen molar-refractivity contribution in [3.8, 4) is 0 Å². The monoisotopic (exact) mass is 133 g/mol. The summed E-state index contributed by atoms with van der Waals surface area (Å²) >= 11 is 1.97. The molecule has 0 saturated heterocycles. The third kappa shape index (κ3) is 6.31. The van der Waals surface area contributed by atoms with Crippen LogP contribution in [0.4, 0.5) is 0 Å². The van der Waals surface area contributed by atoms with Crippen LogP contribution in [0.25, 0.3) is 0 Å². The fourth-order valence-electron chi connectivity index (χ4n) is 0.298. The molecule has 8 heavy (non-hydrogen) atoms. The Bertz CT molecular complexity index is 44.5. The average molecular weight is 133 g/mol. The van der Waals surface area contributed by atoms with E-state index in [4.69, 9.17) is 0 Å². The molecule has 0 spiro atoms. The Balaban J connectivity index is 2.93. The minimum atomic E-state index is 0.761. The van der Waals surface area contributed by atoms with Crippen LogP contribution in [0.2, 0.25) is 0 Å². The molecule has 0 radical (unpaired) electrons. The number of nitrogens with zero attached hydrogens (tertiary/aromatic N) is 1. The molecule has 1 nitrogen and oxygen atoms in total. The molecule has 0 aliphatic heterocycles. The molecule has 0 heterocycles. The predicted octanol–water partition coefficient (Wildman–Crippen LogP) is 1.65. The lowest BCUT2D eigenvalue weighted by Gasteiger charge is -2.10. The van der Waals surface area contributed by atoms with Crippen LogP contribution in [0.5, 0.6) is 0 Å². The van der Waals surface area contributed by atoms with Gasteiger partial charge in [0.25, 0.3) is 0 Å². The fourth-order valence-corrected chi connectivity index (χ4v) is 0.894. The second-order valence-electron chi connectivity index (χ2n) is 2.42.